The van der Waals surface area contributed by atoms with Crippen LogP contribution < -0.4 is 5.32 Å². The van der Waals surface area contributed by atoms with E-state index in [0.29, 0.717) is 18.1 Å². The first-order chi connectivity index (χ1) is 9.95. The molecule has 0 radical (unpaired) electrons. The van der Waals surface area contributed by atoms with Crippen molar-refractivity contribution in [1.82, 2.24) is 20.0 Å². The highest BCUT2D eigenvalue weighted by Crippen LogP contribution is 2.29. The highest BCUT2D eigenvalue weighted by atomic mass is 15.3. The average molecular weight is 292 g/mol. The quantitative estimate of drug-likeness (QED) is 0.875. The summed E-state index contributed by atoms with van der Waals surface area (Å²) in [5.74, 6) is 0. The fourth-order valence-corrected chi connectivity index (χ4v) is 3.77. The lowest BCUT2D eigenvalue weighted by molar-refractivity contribution is 0.149. The van der Waals surface area contributed by atoms with E-state index in [2.05, 4.69) is 56.4 Å². The number of rotatable bonds is 6. The molecule has 1 aromatic heterocycles. The molecular formula is C17H32N4. The van der Waals surface area contributed by atoms with Crippen molar-refractivity contribution < 1.29 is 0 Å². The molecule has 2 heterocycles. The van der Waals surface area contributed by atoms with E-state index in [-0.39, 0.29) is 0 Å². The van der Waals surface area contributed by atoms with Crippen molar-refractivity contribution >= 4 is 0 Å². The van der Waals surface area contributed by atoms with E-state index in [1.807, 2.05) is 0 Å². The minimum Gasteiger partial charge on any atom is -0.313 e. The van der Waals surface area contributed by atoms with Crippen molar-refractivity contribution in [2.24, 2.45) is 0 Å². The second-order valence-corrected chi connectivity index (χ2v) is 6.66. The van der Waals surface area contributed by atoms with Gasteiger partial charge in [-0.15, -0.1) is 0 Å². The normalized spacial score (nSPS) is 20.7. The van der Waals surface area contributed by atoms with Crippen LogP contribution in [0.3, 0.4) is 0 Å². The van der Waals surface area contributed by atoms with E-state index in [9.17, 15) is 0 Å². The van der Waals surface area contributed by atoms with Crippen molar-refractivity contribution in [2.75, 3.05) is 13.1 Å². The van der Waals surface area contributed by atoms with Gasteiger partial charge in [-0.2, -0.15) is 5.10 Å². The number of hydrogen-bond acceptors (Lipinski definition) is 3. The zero-order chi connectivity index (χ0) is 15.6. The first-order valence-electron chi connectivity index (χ1n) is 8.48. The molecule has 0 aromatic carbocycles. The predicted octanol–water partition coefficient (Wildman–Crippen LogP) is 3.04. The summed E-state index contributed by atoms with van der Waals surface area (Å²) < 4.78 is 2.13. The van der Waals surface area contributed by atoms with Gasteiger partial charge in [0.15, 0.2) is 0 Å². The van der Waals surface area contributed by atoms with Gasteiger partial charge in [0.05, 0.1) is 5.69 Å². The molecule has 21 heavy (non-hydrogen) atoms. The van der Waals surface area contributed by atoms with Gasteiger partial charge in [0.1, 0.15) is 0 Å². The molecule has 4 nitrogen and oxygen atoms in total. The Bertz CT molecular complexity index is 458. The van der Waals surface area contributed by atoms with Crippen LogP contribution in [0.15, 0.2) is 0 Å². The van der Waals surface area contributed by atoms with Gasteiger partial charge in [-0.1, -0.05) is 0 Å². The highest BCUT2D eigenvalue weighted by molar-refractivity contribution is 5.28. The van der Waals surface area contributed by atoms with E-state index in [1.165, 1.54) is 36.3 Å². The van der Waals surface area contributed by atoms with Crippen LogP contribution in [0.2, 0.25) is 0 Å². The van der Waals surface area contributed by atoms with Crippen molar-refractivity contribution in [1.29, 1.82) is 0 Å². The summed E-state index contributed by atoms with van der Waals surface area (Å²) in [4.78, 5) is 2.62. The number of nitrogens with zero attached hydrogens (tertiary/aromatic N) is 3. The summed E-state index contributed by atoms with van der Waals surface area (Å²) in [5, 5.41) is 8.33. The third-order valence-electron chi connectivity index (χ3n) is 4.91. The average Bonchev–Trinajstić information content (AvgIpc) is 3.03. The molecule has 4 heteroatoms. The smallest absolute Gasteiger partial charge is 0.0644 e. The molecule has 0 bridgehead atoms. The topological polar surface area (TPSA) is 33.1 Å². The molecule has 2 unspecified atom stereocenters. The minimum absolute atomic E-state index is 0.424. The first kappa shape index (κ1) is 16.5. The fraction of sp³-hybridized carbons (Fsp3) is 0.824. The van der Waals surface area contributed by atoms with Crippen LogP contribution in [0.1, 0.15) is 63.5 Å². The van der Waals surface area contributed by atoms with Crippen molar-refractivity contribution in [3.63, 3.8) is 0 Å². The van der Waals surface area contributed by atoms with Crippen molar-refractivity contribution in [3.05, 3.63) is 17.0 Å². The Hall–Kier alpha value is -0.870. The molecule has 1 saturated heterocycles. The Morgan fingerprint density at radius 1 is 1.33 bits per heavy atom. The Kier molecular flexibility index (Phi) is 5.44. The lowest BCUT2D eigenvalue weighted by Crippen LogP contribution is -2.42. The zero-order valence-corrected chi connectivity index (χ0v) is 14.6. The zero-order valence-electron chi connectivity index (χ0n) is 14.6. The van der Waals surface area contributed by atoms with E-state index in [1.54, 1.807) is 0 Å². The van der Waals surface area contributed by atoms with E-state index in [4.69, 9.17) is 5.10 Å². The van der Waals surface area contributed by atoms with Gasteiger partial charge in [0, 0.05) is 42.5 Å². The van der Waals surface area contributed by atoms with Gasteiger partial charge in [-0.3, -0.25) is 9.58 Å². The Labute approximate surface area is 129 Å². The SMILES string of the molecule is CCn1nc(C)c(C(C)N(CC2CCCN2)C(C)C)c1C. The molecule has 1 aromatic rings. The summed E-state index contributed by atoms with van der Waals surface area (Å²) in [6, 6.07) is 1.62. The van der Waals surface area contributed by atoms with Crippen LogP contribution in [0.4, 0.5) is 0 Å². The van der Waals surface area contributed by atoms with Crippen molar-refractivity contribution in [2.45, 2.75) is 79.1 Å². The molecular weight excluding hydrogens is 260 g/mol. The summed E-state index contributed by atoms with van der Waals surface area (Å²) in [6.07, 6.45) is 2.62. The van der Waals surface area contributed by atoms with Crippen LogP contribution in [0.5, 0.6) is 0 Å². The molecule has 2 atom stereocenters. The van der Waals surface area contributed by atoms with Gasteiger partial charge in [-0.25, -0.2) is 0 Å². The minimum atomic E-state index is 0.424. The van der Waals surface area contributed by atoms with Gasteiger partial charge in [0.25, 0.3) is 0 Å². The number of nitrogens with one attached hydrogen (secondary N) is 1. The summed E-state index contributed by atoms with van der Waals surface area (Å²) in [6.45, 7) is 16.7. The Morgan fingerprint density at radius 2 is 2.05 bits per heavy atom. The van der Waals surface area contributed by atoms with E-state index in [0.717, 1.165) is 13.1 Å². The van der Waals surface area contributed by atoms with Crippen LogP contribution in [0, 0.1) is 13.8 Å². The van der Waals surface area contributed by atoms with E-state index >= 15 is 0 Å². The predicted molar refractivity (Wildman–Crippen MR) is 88.7 cm³/mol. The second kappa shape index (κ2) is 6.93. The fourth-order valence-electron chi connectivity index (χ4n) is 3.77. The highest BCUT2D eigenvalue weighted by Gasteiger charge is 2.27. The Balaban J connectivity index is 2.21. The standard InChI is InChI=1S/C17H32N4/c1-7-21-15(6)17(13(4)19-21)14(5)20(12(2)3)11-16-9-8-10-18-16/h12,14,16,18H,7-11H2,1-6H3. The van der Waals surface area contributed by atoms with Crippen molar-refractivity contribution in [3.8, 4) is 0 Å². The maximum atomic E-state index is 4.70. The van der Waals surface area contributed by atoms with Crippen LogP contribution >= 0.6 is 0 Å². The Morgan fingerprint density at radius 3 is 2.52 bits per heavy atom. The van der Waals surface area contributed by atoms with Gasteiger partial charge >= 0.3 is 0 Å². The second-order valence-electron chi connectivity index (χ2n) is 6.66. The van der Waals surface area contributed by atoms with Gasteiger partial charge < -0.3 is 5.32 Å². The van der Waals surface area contributed by atoms with E-state index < -0.39 is 0 Å². The molecule has 1 N–H and O–H groups in total. The maximum Gasteiger partial charge on any atom is 0.0644 e. The summed E-state index contributed by atoms with van der Waals surface area (Å²) >= 11 is 0. The molecule has 1 aliphatic heterocycles. The molecule has 0 aliphatic carbocycles. The van der Waals surface area contributed by atoms with Crippen LogP contribution in [0.25, 0.3) is 0 Å². The molecule has 1 fully saturated rings. The van der Waals surface area contributed by atoms with Gasteiger partial charge in [0.2, 0.25) is 0 Å². The molecule has 1 aliphatic rings. The molecule has 0 saturated carbocycles. The number of hydrogen-bond donors (Lipinski definition) is 1. The molecule has 120 valence electrons. The molecule has 0 amide bonds. The van der Waals surface area contributed by atoms with Crippen LogP contribution in [-0.2, 0) is 6.54 Å². The lowest BCUT2D eigenvalue weighted by atomic mass is 10.0. The third-order valence-corrected chi connectivity index (χ3v) is 4.91. The summed E-state index contributed by atoms with van der Waals surface area (Å²) in [7, 11) is 0. The number of aryl methyl sites for hydroxylation is 2. The van der Waals surface area contributed by atoms with Gasteiger partial charge in [-0.05, 0) is 60.9 Å². The maximum absolute atomic E-state index is 4.70. The van der Waals surface area contributed by atoms with Crippen LogP contribution in [-0.4, -0.2) is 39.9 Å². The largest absolute Gasteiger partial charge is 0.313 e. The first-order valence-corrected chi connectivity index (χ1v) is 8.48. The third kappa shape index (κ3) is 3.49. The summed E-state index contributed by atoms with van der Waals surface area (Å²) in [5.41, 5.74) is 3.93. The monoisotopic (exact) mass is 292 g/mol. The molecule has 2 rings (SSSR count). The lowest BCUT2D eigenvalue weighted by Gasteiger charge is -2.35. The number of aromatic nitrogens is 2. The molecule has 0 spiro atoms.